The number of nitrogens with zero attached hydrogens (tertiary/aromatic N) is 2. The zero-order chi connectivity index (χ0) is 18.5. The Bertz CT molecular complexity index is 453. The van der Waals surface area contributed by atoms with Crippen LogP contribution in [0.4, 0.5) is 0 Å². The van der Waals surface area contributed by atoms with E-state index in [0.717, 1.165) is 57.9 Å². The summed E-state index contributed by atoms with van der Waals surface area (Å²) in [5.74, 6) is 0.925. The number of likely N-dealkylation sites (tertiary alicyclic amines) is 1. The number of aliphatic imine (C=N–C) groups is 1. The third-order valence-electron chi connectivity index (χ3n) is 6.56. The first-order chi connectivity index (χ1) is 11.9. The molecule has 1 aliphatic heterocycles. The van der Waals surface area contributed by atoms with Crippen molar-refractivity contribution >= 4 is 29.9 Å². The highest BCUT2D eigenvalue weighted by molar-refractivity contribution is 14.0. The summed E-state index contributed by atoms with van der Waals surface area (Å²) in [4.78, 5) is 6.98. The van der Waals surface area contributed by atoms with Crippen LogP contribution in [0, 0.1) is 5.41 Å². The largest absolute Gasteiger partial charge is 0.385 e. The molecule has 0 spiro atoms. The van der Waals surface area contributed by atoms with Crippen LogP contribution >= 0.6 is 24.0 Å². The van der Waals surface area contributed by atoms with Crippen LogP contribution in [0.25, 0.3) is 0 Å². The minimum Gasteiger partial charge on any atom is -0.385 e. The number of piperidine rings is 1. The van der Waals surface area contributed by atoms with Gasteiger partial charge >= 0.3 is 0 Å². The normalized spacial score (nSPS) is 29.6. The van der Waals surface area contributed by atoms with E-state index < -0.39 is 0 Å². The molecule has 2 rings (SSSR count). The second-order valence-electron chi connectivity index (χ2n) is 8.24. The third kappa shape index (κ3) is 5.45. The Kier molecular flexibility index (Phi) is 9.60. The van der Waals surface area contributed by atoms with Gasteiger partial charge in [0.25, 0.3) is 0 Å². The fourth-order valence-corrected chi connectivity index (χ4v) is 3.99. The highest BCUT2D eigenvalue weighted by atomic mass is 127. The summed E-state index contributed by atoms with van der Waals surface area (Å²) in [6, 6.07) is 0.889. The maximum atomic E-state index is 5.72. The van der Waals surface area contributed by atoms with Gasteiger partial charge in [0.1, 0.15) is 0 Å². The summed E-state index contributed by atoms with van der Waals surface area (Å²) in [5.41, 5.74) is 0.0289. The standard InChI is InChI=1S/C19H38N4O2.HI/c1-18(2)16(14-19(18,3)25-6)22-17(20-4)21-15-8-11-23(12-9-15)10-7-13-24-5;/h15-16H,7-14H2,1-6H3,(H2,20,21,22);1H. The first-order valence-electron chi connectivity index (χ1n) is 9.62. The van der Waals surface area contributed by atoms with Gasteiger partial charge in [0, 0.05) is 65.0 Å². The number of ether oxygens (including phenoxy) is 2. The van der Waals surface area contributed by atoms with Crippen LogP contribution in [0.3, 0.4) is 0 Å². The van der Waals surface area contributed by atoms with Gasteiger partial charge in [0.15, 0.2) is 5.96 Å². The Balaban J connectivity index is 0.00000338. The lowest BCUT2D eigenvalue weighted by molar-refractivity contribution is -0.176. The average molecular weight is 482 g/mol. The minimum absolute atomic E-state index is 0. The molecule has 2 aliphatic rings. The topological polar surface area (TPSA) is 58.1 Å². The van der Waals surface area contributed by atoms with Gasteiger partial charge in [-0.2, -0.15) is 0 Å². The Labute approximate surface area is 176 Å². The Hall–Kier alpha value is -0.120. The molecule has 154 valence electrons. The van der Waals surface area contributed by atoms with E-state index in [-0.39, 0.29) is 35.0 Å². The molecular formula is C19H39IN4O2. The molecule has 2 fully saturated rings. The SMILES string of the molecule is CN=C(NC1CCN(CCCOC)CC1)NC1CC(C)(OC)C1(C)C.I. The molecule has 0 aromatic heterocycles. The fraction of sp³-hybridized carbons (Fsp3) is 0.947. The maximum absolute atomic E-state index is 5.72. The van der Waals surface area contributed by atoms with Crippen LogP contribution in [-0.2, 0) is 9.47 Å². The monoisotopic (exact) mass is 482 g/mol. The highest BCUT2D eigenvalue weighted by Crippen LogP contribution is 2.51. The molecule has 6 nitrogen and oxygen atoms in total. The predicted molar refractivity (Wildman–Crippen MR) is 119 cm³/mol. The summed E-state index contributed by atoms with van der Waals surface area (Å²) in [6.07, 6.45) is 4.46. The molecular weight excluding hydrogens is 443 g/mol. The summed E-state index contributed by atoms with van der Waals surface area (Å²) in [7, 11) is 5.44. The van der Waals surface area contributed by atoms with E-state index in [2.05, 4.69) is 41.3 Å². The number of halogens is 1. The molecule has 0 radical (unpaired) electrons. The third-order valence-corrected chi connectivity index (χ3v) is 6.56. The molecule has 7 heteroatoms. The van der Waals surface area contributed by atoms with Crippen molar-refractivity contribution in [1.82, 2.24) is 15.5 Å². The lowest BCUT2D eigenvalue weighted by Crippen LogP contribution is -2.69. The molecule has 1 saturated carbocycles. The summed E-state index contributed by atoms with van der Waals surface area (Å²) < 4.78 is 10.9. The van der Waals surface area contributed by atoms with Gasteiger partial charge in [-0.25, -0.2) is 0 Å². The number of hydrogen-bond acceptors (Lipinski definition) is 4. The minimum atomic E-state index is -0.0585. The van der Waals surface area contributed by atoms with Gasteiger partial charge in [-0.05, 0) is 32.6 Å². The van der Waals surface area contributed by atoms with Crippen LogP contribution in [0.2, 0.25) is 0 Å². The van der Waals surface area contributed by atoms with Crippen molar-refractivity contribution in [2.45, 2.75) is 64.1 Å². The first kappa shape index (κ1) is 23.9. The lowest BCUT2D eigenvalue weighted by Gasteiger charge is -2.59. The van der Waals surface area contributed by atoms with E-state index in [1.807, 2.05) is 14.2 Å². The molecule has 1 aliphatic carbocycles. The molecule has 1 heterocycles. The number of guanidine groups is 1. The molecule has 0 aromatic rings. The quantitative estimate of drug-likeness (QED) is 0.253. The molecule has 2 N–H and O–H groups in total. The number of hydrogen-bond donors (Lipinski definition) is 2. The van der Waals surface area contributed by atoms with E-state index >= 15 is 0 Å². The average Bonchev–Trinajstić information content (AvgIpc) is 2.61. The van der Waals surface area contributed by atoms with Crippen molar-refractivity contribution in [3.63, 3.8) is 0 Å². The molecule has 0 bridgehead atoms. The van der Waals surface area contributed by atoms with Crippen molar-refractivity contribution in [2.75, 3.05) is 47.5 Å². The van der Waals surface area contributed by atoms with Gasteiger partial charge in [0.05, 0.1) is 5.60 Å². The van der Waals surface area contributed by atoms with Crippen LogP contribution < -0.4 is 10.6 Å². The molecule has 26 heavy (non-hydrogen) atoms. The Morgan fingerprint density at radius 3 is 2.31 bits per heavy atom. The fourth-order valence-electron chi connectivity index (χ4n) is 3.99. The van der Waals surface area contributed by atoms with Gasteiger partial charge in [-0.1, -0.05) is 13.8 Å². The van der Waals surface area contributed by atoms with E-state index in [1.54, 1.807) is 7.11 Å². The zero-order valence-corrected chi connectivity index (χ0v) is 19.8. The van der Waals surface area contributed by atoms with E-state index in [4.69, 9.17) is 9.47 Å². The molecule has 2 atom stereocenters. The Morgan fingerprint density at radius 2 is 1.81 bits per heavy atom. The van der Waals surface area contributed by atoms with Gasteiger partial charge in [0.2, 0.25) is 0 Å². The van der Waals surface area contributed by atoms with Crippen molar-refractivity contribution in [2.24, 2.45) is 10.4 Å². The number of methoxy groups -OCH3 is 2. The van der Waals surface area contributed by atoms with Crippen molar-refractivity contribution in [3.05, 3.63) is 0 Å². The first-order valence-corrected chi connectivity index (χ1v) is 9.62. The van der Waals surface area contributed by atoms with Crippen molar-refractivity contribution < 1.29 is 9.47 Å². The van der Waals surface area contributed by atoms with Crippen LogP contribution in [0.15, 0.2) is 4.99 Å². The maximum Gasteiger partial charge on any atom is 0.191 e. The van der Waals surface area contributed by atoms with Crippen LogP contribution in [-0.4, -0.2) is 76.1 Å². The second kappa shape index (κ2) is 10.4. The molecule has 0 amide bonds. The smallest absolute Gasteiger partial charge is 0.191 e. The van der Waals surface area contributed by atoms with Crippen molar-refractivity contribution in [1.29, 1.82) is 0 Å². The van der Waals surface area contributed by atoms with Gasteiger partial charge in [-0.3, -0.25) is 4.99 Å². The van der Waals surface area contributed by atoms with E-state index in [0.29, 0.717) is 12.1 Å². The molecule has 1 saturated heterocycles. The van der Waals surface area contributed by atoms with E-state index in [9.17, 15) is 0 Å². The van der Waals surface area contributed by atoms with Crippen LogP contribution in [0.5, 0.6) is 0 Å². The predicted octanol–water partition coefficient (Wildman–Crippen LogP) is 2.47. The number of rotatable bonds is 7. The van der Waals surface area contributed by atoms with Gasteiger partial charge < -0.3 is 25.0 Å². The van der Waals surface area contributed by atoms with Crippen LogP contribution in [0.1, 0.15) is 46.5 Å². The summed E-state index contributed by atoms with van der Waals surface area (Å²) in [6.45, 7) is 11.0. The Morgan fingerprint density at radius 1 is 1.15 bits per heavy atom. The summed E-state index contributed by atoms with van der Waals surface area (Å²) in [5, 5.41) is 7.23. The zero-order valence-electron chi connectivity index (χ0n) is 17.4. The molecule has 2 unspecified atom stereocenters. The van der Waals surface area contributed by atoms with Crippen molar-refractivity contribution in [3.8, 4) is 0 Å². The lowest BCUT2D eigenvalue weighted by atomic mass is 9.56. The highest BCUT2D eigenvalue weighted by Gasteiger charge is 2.58. The summed E-state index contributed by atoms with van der Waals surface area (Å²) >= 11 is 0. The second-order valence-corrected chi connectivity index (χ2v) is 8.24. The van der Waals surface area contributed by atoms with Gasteiger partial charge in [-0.15, -0.1) is 24.0 Å². The van der Waals surface area contributed by atoms with E-state index in [1.165, 1.54) is 0 Å². The molecule has 0 aromatic carbocycles. The number of nitrogens with one attached hydrogen (secondary N) is 2.